The third-order valence-electron chi connectivity index (χ3n) is 4.56. The summed E-state index contributed by atoms with van der Waals surface area (Å²) in [6.07, 6.45) is 3.91. The molecule has 1 N–H and O–H groups in total. The number of likely N-dealkylation sites (tertiary alicyclic amines) is 1. The fourth-order valence-corrected chi connectivity index (χ4v) is 2.83. The molecule has 0 aromatic rings. The molecule has 0 spiro atoms. The minimum Gasteiger partial charge on any atom is -0.481 e. The zero-order valence-electron chi connectivity index (χ0n) is 11.7. The van der Waals surface area contributed by atoms with E-state index in [1.54, 1.807) is 0 Å². The minimum absolute atomic E-state index is 0.531. The van der Waals surface area contributed by atoms with E-state index in [0.29, 0.717) is 18.5 Å². The number of piperidine rings is 1. The molecule has 0 amide bonds. The molecule has 0 bridgehead atoms. The van der Waals surface area contributed by atoms with Crippen molar-refractivity contribution >= 4 is 5.97 Å². The Morgan fingerprint density at radius 2 is 1.88 bits per heavy atom. The van der Waals surface area contributed by atoms with Gasteiger partial charge in [0.1, 0.15) is 0 Å². The molecule has 1 aliphatic rings. The van der Waals surface area contributed by atoms with Crippen LogP contribution < -0.4 is 0 Å². The number of hydrogen-bond acceptors (Lipinski definition) is 2. The van der Waals surface area contributed by atoms with Gasteiger partial charge in [-0.2, -0.15) is 0 Å². The van der Waals surface area contributed by atoms with Crippen molar-refractivity contribution in [1.82, 2.24) is 4.90 Å². The SMILES string of the molecule is CCC(CC)(CN1CC(C)CCC1C)C(=O)O. The van der Waals surface area contributed by atoms with E-state index >= 15 is 0 Å². The molecular formula is C14H27NO2. The van der Waals surface area contributed by atoms with Crippen LogP contribution >= 0.6 is 0 Å². The zero-order chi connectivity index (χ0) is 13.1. The topological polar surface area (TPSA) is 40.5 Å². The first-order chi connectivity index (χ1) is 7.95. The standard InChI is InChI=1S/C14H27NO2/c1-5-14(6-2,13(16)17)10-15-9-11(3)7-8-12(15)4/h11-12H,5-10H2,1-4H3,(H,16,17). The van der Waals surface area contributed by atoms with Crippen molar-refractivity contribution in [2.45, 2.75) is 59.4 Å². The predicted molar refractivity (Wildman–Crippen MR) is 70.1 cm³/mol. The van der Waals surface area contributed by atoms with Crippen LogP contribution in [0, 0.1) is 11.3 Å². The lowest BCUT2D eigenvalue weighted by Gasteiger charge is -2.41. The van der Waals surface area contributed by atoms with Gasteiger partial charge in [-0.25, -0.2) is 0 Å². The molecule has 0 aromatic heterocycles. The lowest BCUT2D eigenvalue weighted by molar-refractivity contribution is -0.151. The van der Waals surface area contributed by atoms with E-state index in [2.05, 4.69) is 18.7 Å². The lowest BCUT2D eigenvalue weighted by Crippen LogP contribution is -2.49. The highest BCUT2D eigenvalue weighted by atomic mass is 16.4. The largest absolute Gasteiger partial charge is 0.481 e. The number of rotatable bonds is 5. The Hall–Kier alpha value is -0.570. The van der Waals surface area contributed by atoms with Crippen LogP contribution in [0.25, 0.3) is 0 Å². The fraction of sp³-hybridized carbons (Fsp3) is 0.929. The first-order valence-corrected chi connectivity index (χ1v) is 6.92. The monoisotopic (exact) mass is 241 g/mol. The Bertz CT molecular complexity index is 261. The van der Waals surface area contributed by atoms with Crippen molar-refractivity contribution in [1.29, 1.82) is 0 Å². The smallest absolute Gasteiger partial charge is 0.310 e. The van der Waals surface area contributed by atoms with Crippen LogP contribution in [0.4, 0.5) is 0 Å². The summed E-state index contributed by atoms with van der Waals surface area (Å²) in [6, 6.07) is 0.531. The summed E-state index contributed by atoms with van der Waals surface area (Å²) in [5, 5.41) is 9.48. The van der Waals surface area contributed by atoms with E-state index in [0.717, 1.165) is 19.4 Å². The normalized spacial score (nSPS) is 27.1. The summed E-state index contributed by atoms with van der Waals surface area (Å²) in [4.78, 5) is 13.9. The molecule has 1 fully saturated rings. The van der Waals surface area contributed by atoms with Gasteiger partial charge in [-0.15, -0.1) is 0 Å². The van der Waals surface area contributed by atoms with Gasteiger partial charge in [-0.1, -0.05) is 20.8 Å². The Morgan fingerprint density at radius 3 is 2.35 bits per heavy atom. The van der Waals surface area contributed by atoms with E-state index in [1.807, 2.05) is 13.8 Å². The van der Waals surface area contributed by atoms with Gasteiger partial charge in [0.15, 0.2) is 0 Å². The van der Waals surface area contributed by atoms with Crippen LogP contribution in [-0.2, 0) is 4.79 Å². The summed E-state index contributed by atoms with van der Waals surface area (Å²) in [6.45, 7) is 10.2. The molecule has 100 valence electrons. The third kappa shape index (κ3) is 3.21. The van der Waals surface area contributed by atoms with Crippen LogP contribution in [0.15, 0.2) is 0 Å². The van der Waals surface area contributed by atoms with Gasteiger partial charge < -0.3 is 5.11 Å². The molecule has 1 heterocycles. The number of carbonyl (C=O) groups is 1. The lowest BCUT2D eigenvalue weighted by atomic mass is 9.80. The van der Waals surface area contributed by atoms with E-state index in [1.165, 1.54) is 12.8 Å². The maximum atomic E-state index is 11.5. The number of hydrogen-bond donors (Lipinski definition) is 1. The van der Waals surface area contributed by atoms with E-state index in [4.69, 9.17) is 0 Å². The maximum absolute atomic E-state index is 11.5. The quantitative estimate of drug-likeness (QED) is 0.804. The van der Waals surface area contributed by atoms with Gasteiger partial charge in [-0.3, -0.25) is 9.69 Å². The zero-order valence-corrected chi connectivity index (χ0v) is 11.7. The maximum Gasteiger partial charge on any atom is 0.310 e. The molecule has 0 saturated carbocycles. The molecule has 3 heteroatoms. The first kappa shape index (κ1) is 14.5. The Labute approximate surface area is 105 Å². The molecule has 3 nitrogen and oxygen atoms in total. The van der Waals surface area contributed by atoms with Crippen LogP contribution in [0.1, 0.15) is 53.4 Å². The van der Waals surface area contributed by atoms with Gasteiger partial charge >= 0.3 is 5.97 Å². The summed E-state index contributed by atoms with van der Waals surface area (Å²) >= 11 is 0. The van der Waals surface area contributed by atoms with Gasteiger partial charge in [0, 0.05) is 19.1 Å². The van der Waals surface area contributed by atoms with Crippen LogP contribution in [0.3, 0.4) is 0 Å². The van der Waals surface area contributed by atoms with Crippen molar-refractivity contribution < 1.29 is 9.90 Å². The van der Waals surface area contributed by atoms with Crippen molar-refractivity contribution in [3.63, 3.8) is 0 Å². The molecular weight excluding hydrogens is 214 g/mol. The number of nitrogens with zero attached hydrogens (tertiary/aromatic N) is 1. The van der Waals surface area contributed by atoms with E-state index in [9.17, 15) is 9.90 Å². The molecule has 1 aliphatic heterocycles. The second kappa shape index (κ2) is 5.85. The highest BCUT2D eigenvalue weighted by molar-refractivity contribution is 5.74. The fourth-order valence-electron chi connectivity index (χ4n) is 2.83. The number of aliphatic carboxylic acids is 1. The van der Waals surface area contributed by atoms with Gasteiger partial charge in [0.25, 0.3) is 0 Å². The summed E-state index contributed by atoms with van der Waals surface area (Å²) in [7, 11) is 0. The highest BCUT2D eigenvalue weighted by Crippen LogP contribution is 2.31. The minimum atomic E-state index is -0.632. The van der Waals surface area contributed by atoms with E-state index in [-0.39, 0.29) is 0 Å². The van der Waals surface area contributed by atoms with Gasteiger partial charge in [0.2, 0.25) is 0 Å². The summed E-state index contributed by atoms with van der Waals surface area (Å²) in [5.74, 6) is 0.0688. The predicted octanol–water partition coefficient (Wildman–Crippen LogP) is 3.00. The van der Waals surface area contributed by atoms with Crippen LogP contribution in [-0.4, -0.2) is 35.1 Å². The van der Waals surface area contributed by atoms with Crippen molar-refractivity contribution in [2.24, 2.45) is 11.3 Å². The second-order valence-electron chi connectivity index (χ2n) is 5.75. The Morgan fingerprint density at radius 1 is 1.29 bits per heavy atom. The molecule has 0 aliphatic carbocycles. The molecule has 2 unspecified atom stereocenters. The van der Waals surface area contributed by atoms with Crippen molar-refractivity contribution in [3.8, 4) is 0 Å². The van der Waals surface area contributed by atoms with Gasteiger partial charge in [-0.05, 0) is 38.5 Å². The Kier molecular flexibility index (Phi) is 4.99. The molecule has 1 rings (SSSR count). The molecule has 0 aromatic carbocycles. The molecule has 0 radical (unpaired) electrons. The average Bonchev–Trinajstić information content (AvgIpc) is 2.30. The van der Waals surface area contributed by atoms with Gasteiger partial charge in [0.05, 0.1) is 5.41 Å². The summed E-state index contributed by atoms with van der Waals surface area (Å²) < 4.78 is 0. The van der Waals surface area contributed by atoms with Crippen molar-refractivity contribution in [3.05, 3.63) is 0 Å². The third-order valence-corrected chi connectivity index (χ3v) is 4.56. The average molecular weight is 241 g/mol. The molecule has 17 heavy (non-hydrogen) atoms. The summed E-state index contributed by atoms with van der Waals surface area (Å²) in [5.41, 5.74) is -0.550. The highest BCUT2D eigenvalue weighted by Gasteiger charge is 2.38. The number of carboxylic acid groups (broad SMARTS) is 1. The molecule has 1 saturated heterocycles. The number of carboxylic acids is 1. The Balaban J connectivity index is 2.75. The van der Waals surface area contributed by atoms with Crippen molar-refractivity contribution in [2.75, 3.05) is 13.1 Å². The molecule has 2 atom stereocenters. The van der Waals surface area contributed by atoms with Crippen LogP contribution in [0.5, 0.6) is 0 Å². The second-order valence-corrected chi connectivity index (χ2v) is 5.75. The van der Waals surface area contributed by atoms with E-state index < -0.39 is 11.4 Å². The van der Waals surface area contributed by atoms with Crippen LogP contribution in [0.2, 0.25) is 0 Å². The first-order valence-electron chi connectivity index (χ1n) is 6.92.